The van der Waals surface area contributed by atoms with E-state index in [1.807, 2.05) is 70.2 Å². The molecular formula is C26H36N2O5. The zero-order chi connectivity index (χ0) is 24.2. The van der Waals surface area contributed by atoms with Crippen LogP contribution in [0.15, 0.2) is 42.5 Å². The summed E-state index contributed by atoms with van der Waals surface area (Å²) in [6.45, 7) is 7.86. The van der Waals surface area contributed by atoms with E-state index in [1.165, 1.54) is 12.0 Å². The highest BCUT2D eigenvalue weighted by atomic mass is 16.6. The van der Waals surface area contributed by atoms with Gasteiger partial charge in [0.25, 0.3) is 0 Å². The molecule has 180 valence electrons. The van der Waals surface area contributed by atoms with Crippen LogP contribution in [0.3, 0.4) is 0 Å². The average molecular weight is 457 g/mol. The number of methoxy groups -OCH3 is 1. The molecule has 1 saturated heterocycles. The number of hydrogen-bond acceptors (Lipinski definition) is 5. The van der Waals surface area contributed by atoms with Crippen LogP contribution in [0.2, 0.25) is 0 Å². The first-order chi connectivity index (χ1) is 15.7. The van der Waals surface area contributed by atoms with Crippen LogP contribution in [0.4, 0.5) is 4.79 Å². The van der Waals surface area contributed by atoms with E-state index in [9.17, 15) is 14.4 Å². The Morgan fingerprint density at radius 1 is 1.15 bits per heavy atom. The number of carbonyl (C=O) groups is 3. The lowest BCUT2D eigenvalue weighted by molar-refractivity contribution is -0.156. The molecule has 0 radical (unpaired) electrons. The molecule has 0 bridgehead atoms. The van der Waals surface area contributed by atoms with Gasteiger partial charge in [0.15, 0.2) is 0 Å². The zero-order valence-electron chi connectivity index (χ0n) is 20.3. The number of nitrogens with zero attached hydrogens (tertiary/aromatic N) is 2. The number of esters is 1. The van der Waals surface area contributed by atoms with Crippen molar-refractivity contribution in [3.05, 3.63) is 48.0 Å². The third kappa shape index (κ3) is 5.75. The molecule has 33 heavy (non-hydrogen) atoms. The van der Waals surface area contributed by atoms with Crippen LogP contribution in [0, 0.1) is 5.92 Å². The van der Waals surface area contributed by atoms with E-state index >= 15 is 0 Å². The van der Waals surface area contributed by atoms with Crippen molar-refractivity contribution in [3.8, 4) is 0 Å². The van der Waals surface area contributed by atoms with Gasteiger partial charge in [-0.1, -0.05) is 49.4 Å². The third-order valence-electron chi connectivity index (χ3n) is 6.29. The lowest BCUT2D eigenvalue weighted by Gasteiger charge is -2.38. The molecule has 2 heterocycles. The van der Waals surface area contributed by atoms with E-state index in [4.69, 9.17) is 9.47 Å². The van der Waals surface area contributed by atoms with Gasteiger partial charge in [0, 0.05) is 12.5 Å². The number of amides is 2. The molecule has 7 heteroatoms. The van der Waals surface area contributed by atoms with E-state index in [0.29, 0.717) is 32.2 Å². The fourth-order valence-electron chi connectivity index (χ4n) is 4.71. The lowest BCUT2D eigenvalue weighted by atomic mass is 9.98. The summed E-state index contributed by atoms with van der Waals surface area (Å²) in [6.07, 6.45) is 5.97. The smallest absolute Gasteiger partial charge is 0.410 e. The van der Waals surface area contributed by atoms with Crippen LogP contribution in [0.25, 0.3) is 0 Å². The summed E-state index contributed by atoms with van der Waals surface area (Å²) in [4.78, 5) is 43.0. The van der Waals surface area contributed by atoms with Crippen LogP contribution in [0.1, 0.15) is 52.5 Å². The molecule has 0 spiro atoms. The van der Waals surface area contributed by atoms with E-state index in [1.54, 1.807) is 4.90 Å². The van der Waals surface area contributed by atoms with Gasteiger partial charge < -0.3 is 14.4 Å². The average Bonchev–Trinajstić information content (AvgIpc) is 3.15. The molecule has 0 N–H and O–H groups in total. The van der Waals surface area contributed by atoms with E-state index in [-0.39, 0.29) is 17.9 Å². The van der Waals surface area contributed by atoms with Gasteiger partial charge in [0.05, 0.1) is 13.2 Å². The van der Waals surface area contributed by atoms with Crippen LogP contribution < -0.4 is 0 Å². The molecule has 2 aliphatic heterocycles. The second-order valence-electron chi connectivity index (χ2n) is 9.74. The Bertz CT molecular complexity index is 876. The molecule has 0 aromatic heterocycles. The summed E-state index contributed by atoms with van der Waals surface area (Å²) in [7, 11) is 1.35. The first kappa shape index (κ1) is 24.8. The van der Waals surface area contributed by atoms with Gasteiger partial charge in [-0.05, 0) is 52.0 Å². The Hall–Kier alpha value is -2.83. The number of aryl methyl sites for hydroxylation is 1. The molecule has 0 unspecified atom stereocenters. The van der Waals surface area contributed by atoms with Crippen molar-refractivity contribution in [2.75, 3.05) is 13.7 Å². The zero-order valence-corrected chi connectivity index (χ0v) is 20.3. The molecule has 2 aliphatic rings. The lowest BCUT2D eigenvalue weighted by Crippen LogP contribution is -2.57. The maximum atomic E-state index is 14.0. The van der Waals surface area contributed by atoms with Crippen molar-refractivity contribution in [1.82, 2.24) is 9.80 Å². The topological polar surface area (TPSA) is 76.2 Å². The fraction of sp³-hybridized carbons (Fsp3) is 0.577. The SMILES string of the molecule is CC[C@@H]1C=C[C@@H]2CCN(C(=O)OC(C)(C)C)[C@H]2C(=O)N1[C@H](CCc1ccccc1)C(=O)OC. The van der Waals surface area contributed by atoms with Gasteiger partial charge >= 0.3 is 12.1 Å². The van der Waals surface area contributed by atoms with Crippen molar-refractivity contribution in [2.45, 2.75) is 77.1 Å². The molecule has 7 nitrogen and oxygen atoms in total. The Kier molecular flexibility index (Phi) is 7.82. The monoisotopic (exact) mass is 456 g/mol. The molecule has 1 aromatic carbocycles. The minimum Gasteiger partial charge on any atom is -0.467 e. The number of hydrogen-bond donors (Lipinski definition) is 0. The van der Waals surface area contributed by atoms with Gasteiger partial charge in [-0.2, -0.15) is 0 Å². The number of fused-ring (bicyclic) bond motifs is 1. The van der Waals surface area contributed by atoms with E-state index < -0.39 is 29.7 Å². The summed E-state index contributed by atoms with van der Waals surface area (Å²) < 4.78 is 10.7. The molecule has 0 aliphatic carbocycles. The minimum absolute atomic E-state index is 0.100. The van der Waals surface area contributed by atoms with Crippen molar-refractivity contribution < 1.29 is 23.9 Å². The molecule has 1 fully saturated rings. The Balaban J connectivity index is 1.91. The van der Waals surface area contributed by atoms with Crippen molar-refractivity contribution in [1.29, 1.82) is 0 Å². The second-order valence-corrected chi connectivity index (χ2v) is 9.74. The number of rotatable bonds is 6. The standard InChI is InChI=1S/C26H36N2O5/c1-6-20-14-13-19-16-17-27(25(31)33-26(2,3)4)22(19)23(29)28(20)21(24(30)32-5)15-12-18-10-8-7-9-11-18/h7-11,13-14,19-22H,6,12,15-17H2,1-5H3/t19-,20-,21-,22-/m1/s1. The van der Waals surface area contributed by atoms with Crippen LogP contribution >= 0.6 is 0 Å². The summed E-state index contributed by atoms with van der Waals surface area (Å²) in [5.74, 6) is -0.758. The largest absolute Gasteiger partial charge is 0.467 e. The predicted octanol–water partition coefficient (Wildman–Crippen LogP) is 3.96. The minimum atomic E-state index is -0.739. The molecular weight excluding hydrogens is 420 g/mol. The normalized spacial score (nSPS) is 23.7. The van der Waals surface area contributed by atoms with Crippen molar-refractivity contribution in [2.24, 2.45) is 5.92 Å². The molecule has 3 rings (SSSR count). The maximum absolute atomic E-state index is 14.0. The number of carbonyl (C=O) groups excluding carboxylic acids is 3. The van der Waals surface area contributed by atoms with Gasteiger partial charge in [-0.25, -0.2) is 9.59 Å². The Morgan fingerprint density at radius 2 is 1.85 bits per heavy atom. The molecule has 4 atom stereocenters. The van der Waals surface area contributed by atoms with Gasteiger partial charge in [0.2, 0.25) is 5.91 Å². The third-order valence-corrected chi connectivity index (χ3v) is 6.29. The highest BCUT2D eigenvalue weighted by Gasteiger charge is 2.48. The maximum Gasteiger partial charge on any atom is 0.410 e. The fourth-order valence-corrected chi connectivity index (χ4v) is 4.71. The summed E-state index contributed by atoms with van der Waals surface area (Å²) in [5, 5.41) is 0. The first-order valence-corrected chi connectivity index (χ1v) is 11.8. The Labute approximate surface area is 196 Å². The van der Waals surface area contributed by atoms with Crippen LogP contribution in [-0.2, 0) is 25.5 Å². The van der Waals surface area contributed by atoms with Crippen molar-refractivity contribution in [3.63, 3.8) is 0 Å². The van der Waals surface area contributed by atoms with Crippen molar-refractivity contribution >= 4 is 18.0 Å². The Morgan fingerprint density at radius 3 is 2.45 bits per heavy atom. The number of benzene rings is 1. The number of ether oxygens (including phenoxy) is 2. The molecule has 1 aromatic rings. The van der Waals surface area contributed by atoms with Crippen LogP contribution in [-0.4, -0.2) is 65.2 Å². The second kappa shape index (κ2) is 10.4. The highest BCUT2D eigenvalue weighted by molar-refractivity contribution is 5.91. The van der Waals surface area contributed by atoms with Gasteiger partial charge in [-0.15, -0.1) is 0 Å². The summed E-state index contributed by atoms with van der Waals surface area (Å²) >= 11 is 0. The van der Waals surface area contributed by atoms with Gasteiger partial charge in [0.1, 0.15) is 17.7 Å². The molecule has 0 saturated carbocycles. The summed E-state index contributed by atoms with van der Waals surface area (Å²) in [5.41, 5.74) is 0.431. The quantitative estimate of drug-likeness (QED) is 0.478. The first-order valence-electron chi connectivity index (χ1n) is 11.8. The highest BCUT2D eigenvalue weighted by Crippen LogP contribution is 2.34. The van der Waals surface area contributed by atoms with E-state index in [0.717, 1.165) is 5.56 Å². The molecule has 2 amide bonds. The number of likely N-dealkylation sites (tertiary alicyclic amines) is 1. The van der Waals surface area contributed by atoms with Crippen LogP contribution in [0.5, 0.6) is 0 Å². The predicted molar refractivity (Wildman–Crippen MR) is 125 cm³/mol. The van der Waals surface area contributed by atoms with E-state index in [2.05, 4.69) is 0 Å². The summed E-state index contributed by atoms with van der Waals surface area (Å²) in [6, 6.07) is 8.21. The van der Waals surface area contributed by atoms with Gasteiger partial charge in [-0.3, -0.25) is 9.69 Å².